The molecule has 3 N–H and O–H groups in total. The summed E-state index contributed by atoms with van der Waals surface area (Å²) in [6.45, 7) is 3.36. The number of pyridine rings is 1. The first-order valence-electron chi connectivity index (χ1n) is 9.85. The van der Waals surface area contributed by atoms with E-state index in [1.807, 2.05) is 36.7 Å². The largest absolute Gasteiger partial charge is 0.351 e. The SMILES string of the molecule is CCn1nc(CN(C)C)cc1Nc1cc(Nc2c(F)cccc2C(=O)NOC)c(Cl)cn1. The molecule has 0 radical (unpaired) electrons. The monoisotopic (exact) mass is 461 g/mol. The van der Waals surface area contributed by atoms with Crippen LogP contribution in [-0.4, -0.2) is 46.8 Å². The van der Waals surface area contributed by atoms with Crippen molar-refractivity contribution in [3.05, 3.63) is 58.6 Å². The predicted octanol–water partition coefficient (Wildman–Crippen LogP) is 3.93. The zero-order valence-corrected chi connectivity index (χ0v) is 19.0. The van der Waals surface area contributed by atoms with Crippen LogP contribution in [0.4, 0.5) is 27.4 Å². The Kier molecular flexibility index (Phi) is 7.62. The van der Waals surface area contributed by atoms with Crippen LogP contribution in [0.3, 0.4) is 0 Å². The number of hydroxylamine groups is 1. The maximum atomic E-state index is 14.5. The Hall–Kier alpha value is -3.21. The number of nitrogens with zero attached hydrogens (tertiary/aromatic N) is 4. The van der Waals surface area contributed by atoms with Gasteiger partial charge in [0.2, 0.25) is 0 Å². The van der Waals surface area contributed by atoms with Crippen LogP contribution >= 0.6 is 11.6 Å². The second-order valence-corrected chi connectivity index (χ2v) is 7.58. The Bertz CT molecular complexity index is 1100. The fraction of sp³-hybridized carbons (Fsp3) is 0.286. The molecule has 0 atom stereocenters. The summed E-state index contributed by atoms with van der Waals surface area (Å²) in [4.78, 5) is 23.2. The molecule has 1 aromatic carbocycles. The van der Waals surface area contributed by atoms with E-state index in [4.69, 9.17) is 11.6 Å². The molecule has 1 amide bonds. The zero-order chi connectivity index (χ0) is 23.3. The molecule has 3 aromatic rings. The standard InChI is InChI=1S/C21H25ClFN7O2/c1-5-30-19(9-13(27-30)12-29(2)3)26-18-10-17(15(22)11-24-18)25-20-14(21(31)28-32-4)7-6-8-16(20)23/h6-11H,5,12H2,1-4H3,(H,28,31)(H2,24,25,26). The minimum atomic E-state index is -0.617. The smallest absolute Gasteiger partial charge is 0.277 e. The molecule has 170 valence electrons. The van der Waals surface area contributed by atoms with Crippen molar-refractivity contribution in [2.24, 2.45) is 0 Å². The van der Waals surface area contributed by atoms with Crippen molar-refractivity contribution in [1.29, 1.82) is 0 Å². The van der Waals surface area contributed by atoms with E-state index in [0.717, 1.165) is 11.5 Å². The molecular formula is C21H25ClFN7O2. The minimum absolute atomic E-state index is 0.0343. The first-order chi connectivity index (χ1) is 15.3. The molecular weight excluding hydrogens is 437 g/mol. The van der Waals surface area contributed by atoms with E-state index >= 15 is 0 Å². The molecule has 11 heteroatoms. The molecule has 3 rings (SSSR count). The first kappa shape index (κ1) is 23.5. The lowest BCUT2D eigenvalue weighted by Gasteiger charge is -2.15. The van der Waals surface area contributed by atoms with Gasteiger partial charge in [-0.25, -0.2) is 19.5 Å². The zero-order valence-electron chi connectivity index (χ0n) is 18.2. The Morgan fingerprint density at radius 1 is 1.28 bits per heavy atom. The van der Waals surface area contributed by atoms with Gasteiger partial charge in [0.25, 0.3) is 5.91 Å². The lowest BCUT2D eigenvalue weighted by molar-refractivity contribution is 0.0538. The molecule has 0 spiro atoms. The van der Waals surface area contributed by atoms with Crippen LogP contribution in [0, 0.1) is 5.82 Å². The number of amides is 1. The number of aromatic nitrogens is 3. The number of aryl methyl sites for hydroxylation is 1. The van der Waals surface area contributed by atoms with Gasteiger partial charge in [0.05, 0.1) is 41.0 Å². The second kappa shape index (κ2) is 10.4. The van der Waals surface area contributed by atoms with Crippen LogP contribution in [0.25, 0.3) is 0 Å². The third kappa shape index (κ3) is 5.52. The summed E-state index contributed by atoms with van der Waals surface area (Å²) in [6, 6.07) is 7.72. The highest BCUT2D eigenvalue weighted by molar-refractivity contribution is 6.33. The molecule has 0 fully saturated rings. The Labute approximate surface area is 190 Å². The summed E-state index contributed by atoms with van der Waals surface area (Å²) in [5.41, 5.74) is 3.49. The summed E-state index contributed by atoms with van der Waals surface area (Å²) >= 11 is 6.29. The number of rotatable bonds is 9. The summed E-state index contributed by atoms with van der Waals surface area (Å²) in [7, 11) is 5.24. The molecule has 32 heavy (non-hydrogen) atoms. The van der Waals surface area contributed by atoms with Crippen LogP contribution < -0.4 is 16.1 Å². The van der Waals surface area contributed by atoms with Crippen molar-refractivity contribution in [3.63, 3.8) is 0 Å². The maximum Gasteiger partial charge on any atom is 0.277 e. The third-order valence-electron chi connectivity index (χ3n) is 4.43. The van der Waals surface area contributed by atoms with Crippen molar-refractivity contribution >= 4 is 40.5 Å². The van der Waals surface area contributed by atoms with Crippen molar-refractivity contribution in [2.45, 2.75) is 20.0 Å². The van der Waals surface area contributed by atoms with Gasteiger partial charge in [-0.2, -0.15) is 5.10 Å². The Morgan fingerprint density at radius 3 is 2.75 bits per heavy atom. The number of carbonyl (C=O) groups is 1. The average molecular weight is 462 g/mol. The number of benzene rings is 1. The van der Waals surface area contributed by atoms with Crippen molar-refractivity contribution in [3.8, 4) is 0 Å². The summed E-state index contributed by atoms with van der Waals surface area (Å²) in [5, 5.41) is 11.0. The minimum Gasteiger partial charge on any atom is -0.351 e. The first-order valence-corrected chi connectivity index (χ1v) is 10.2. The molecule has 0 bridgehead atoms. The fourth-order valence-electron chi connectivity index (χ4n) is 3.07. The molecule has 0 aliphatic rings. The van der Waals surface area contributed by atoms with E-state index in [1.54, 1.807) is 6.07 Å². The predicted molar refractivity (Wildman–Crippen MR) is 122 cm³/mol. The second-order valence-electron chi connectivity index (χ2n) is 7.17. The van der Waals surface area contributed by atoms with E-state index in [9.17, 15) is 9.18 Å². The van der Waals surface area contributed by atoms with Gasteiger partial charge in [-0.3, -0.25) is 9.63 Å². The molecule has 2 heterocycles. The van der Waals surface area contributed by atoms with Crippen LogP contribution in [-0.2, 0) is 17.9 Å². The van der Waals surface area contributed by atoms with Gasteiger partial charge in [0.1, 0.15) is 17.5 Å². The molecule has 0 aliphatic heterocycles. The van der Waals surface area contributed by atoms with Crippen LogP contribution in [0.2, 0.25) is 5.02 Å². The molecule has 0 saturated carbocycles. The number of halogens is 2. The van der Waals surface area contributed by atoms with Crippen molar-refractivity contribution in [2.75, 3.05) is 31.8 Å². The maximum absolute atomic E-state index is 14.5. The number of anilines is 4. The molecule has 9 nitrogen and oxygen atoms in total. The van der Waals surface area contributed by atoms with Crippen LogP contribution in [0.5, 0.6) is 0 Å². The Morgan fingerprint density at radius 2 is 2.06 bits per heavy atom. The lowest BCUT2D eigenvalue weighted by Crippen LogP contribution is -2.23. The van der Waals surface area contributed by atoms with Gasteiger partial charge in [-0.15, -0.1) is 0 Å². The summed E-state index contributed by atoms with van der Waals surface area (Å²) in [6.07, 6.45) is 1.44. The van der Waals surface area contributed by atoms with Crippen LogP contribution in [0.15, 0.2) is 36.5 Å². The topological polar surface area (TPSA) is 96.3 Å². The van der Waals surface area contributed by atoms with Crippen molar-refractivity contribution < 1.29 is 14.0 Å². The summed E-state index contributed by atoms with van der Waals surface area (Å²) in [5.74, 6) is 0.0186. The summed E-state index contributed by atoms with van der Waals surface area (Å²) < 4.78 is 16.4. The van der Waals surface area contributed by atoms with Gasteiger partial charge < -0.3 is 15.5 Å². The fourth-order valence-corrected chi connectivity index (χ4v) is 3.22. The van der Waals surface area contributed by atoms with Crippen molar-refractivity contribution in [1.82, 2.24) is 25.1 Å². The third-order valence-corrected chi connectivity index (χ3v) is 4.73. The number of para-hydroxylation sites is 1. The van der Waals surface area contributed by atoms with Gasteiger partial charge >= 0.3 is 0 Å². The highest BCUT2D eigenvalue weighted by atomic mass is 35.5. The molecule has 0 aliphatic carbocycles. The highest BCUT2D eigenvalue weighted by Gasteiger charge is 2.17. The van der Waals surface area contributed by atoms with Gasteiger partial charge in [0, 0.05) is 25.2 Å². The number of nitrogens with one attached hydrogen (secondary N) is 3. The Balaban J connectivity index is 1.90. The number of carbonyl (C=O) groups excluding carboxylic acids is 1. The normalized spacial score (nSPS) is 11.0. The quantitative estimate of drug-likeness (QED) is 0.415. The van der Waals surface area contributed by atoms with E-state index < -0.39 is 11.7 Å². The number of hydrogen-bond acceptors (Lipinski definition) is 7. The lowest BCUT2D eigenvalue weighted by atomic mass is 10.1. The van der Waals surface area contributed by atoms with E-state index in [1.165, 1.54) is 31.5 Å². The van der Waals surface area contributed by atoms with E-state index in [-0.39, 0.29) is 16.3 Å². The molecule has 0 saturated heterocycles. The van der Waals surface area contributed by atoms with E-state index in [2.05, 4.69) is 31.0 Å². The van der Waals surface area contributed by atoms with Gasteiger partial charge in [0.15, 0.2) is 0 Å². The van der Waals surface area contributed by atoms with Crippen LogP contribution in [0.1, 0.15) is 23.0 Å². The number of hydrogen-bond donors (Lipinski definition) is 3. The van der Waals surface area contributed by atoms with Gasteiger partial charge in [-0.05, 0) is 33.2 Å². The average Bonchev–Trinajstić information content (AvgIpc) is 3.12. The molecule has 0 unspecified atom stereocenters. The van der Waals surface area contributed by atoms with Gasteiger partial charge in [-0.1, -0.05) is 17.7 Å². The van der Waals surface area contributed by atoms with E-state index in [0.29, 0.717) is 24.6 Å². The molecule has 2 aromatic heterocycles. The highest BCUT2D eigenvalue weighted by Crippen LogP contribution is 2.31.